The van der Waals surface area contributed by atoms with Gasteiger partial charge < -0.3 is 20.5 Å². The SMILES string of the molecule is CC1CC(C#N)N(C(=O)CC23CC4CC(C2)CC(OC(=O)CCc2ccc(O)cc2)(C4)C3)C1.CN. The first kappa shape index (κ1) is 25.5. The number of phenols is 1. The lowest BCUT2D eigenvalue weighted by Crippen LogP contribution is -2.58. The van der Waals surface area contributed by atoms with Crippen LogP contribution in [0.1, 0.15) is 70.3 Å². The highest BCUT2D eigenvalue weighted by Crippen LogP contribution is 2.64. The Bertz CT molecular complexity index is 955. The van der Waals surface area contributed by atoms with Crippen LogP contribution < -0.4 is 5.73 Å². The van der Waals surface area contributed by atoms with Gasteiger partial charge in [0.15, 0.2) is 0 Å². The average molecular weight is 482 g/mol. The summed E-state index contributed by atoms with van der Waals surface area (Å²) in [6.45, 7) is 2.78. The zero-order valence-corrected chi connectivity index (χ0v) is 21.0. The van der Waals surface area contributed by atoms with Crippen molar-refractivity contribution in [1.82, 2.24) is 4.90 Å². The summed E-state index contributed by atoms with van der Waals surface area (Å²) in [7, 11) is 1.50. The molecule has 4 bridgehead atoms. The minimum Gasteiger partial charge on any atom is -0.508 e. The van der Waals surface area contributed by atoms with E-state index in [1.165, 1.54) is 13.5 Å². The predicted molar refractivity (Wildman–Crippen MR) is 132 cm³/mol. The summed E-state index contributed by atoms with van der Waals surface area (Å²) in [6, 6.07) is 8.97. The average Bonchev–Trinajstić information content (AvgIpc) is 3.19. The number of hydrogen-bond donors (Lipinski definition) is 2. The Morgan fingerprint density at radius 2 is 1.80 bits per heavy atom. The summed E-state index contributed by atoms with van der Waals surface area (Å²) < 4.78 is 6.22. The number of nitrogens with zero attached hydrogens (tertiary/aromatic N) is 2. The first-order valence-electron chi connectivity index (χ1n) is 13.0. The summed E-state index contributed by atoms with van der Waals surface area (Å²) in [4.78, 5) is 27.9. The van der Waals surface area contributed by atoms with E-state index in [9.17, 15) is 20.0 Å². The second-order valence-electron chi connectivity index (χ2n) is 11.5. The fourth-order valence-corrected chi connectivity index (χ4v) is 7.76. The van der Waals surface area contributed by atoms with Crippen molar-refractivity contribution in [2.45, 2.75) is 82.8 Å². The monoisotopic (exact) mass is 481 g/mol. The van der Waals surface area contributed by atoms with Gasteiger partial charge in [0.25, 0.3) is 0 Å². The first-order valence-corrected chi connectivity index (χ1v) is 13.0. The lowest BCUT2D eigenvalue weighted by Gasteiger charge is -2.61. The molecule has 3 N–H and O–H groups in total. The molecule has 7 heteroatoms. The standard InChI is InChI=1S/C27H34N2O4.CH5N/c1-18-8-22(15-28)29(16-18)24(31)14-26-10-20-9-21(11-26)13-27(12-20,17-26)33-25(32)7-4-19-2-5-23(30)6-3-19;1-2/h2-3,5-6,18,20-22,30H,4,7-14,16-17H2,1H3;2H2,1H3. The number of nitrogens with two attached hydrogens (primary N) is 1. The topological polar surface area (TPSA) is 117 Å². The first-order chi connectivity index (χ1) is 16.8. The Kier molecular flexibility index (Phi) is 7.42. The molecule has 4 aliphatic carbocycles. The van der Waals surface area contributed by atoms with Gasteiger partial charge in [-0.05, 0) is 99.3 Å². The minimum atomic E-state index is -0.427. The Morgan fingerprint density at radius 3 is 2.43 bits per heavy atom. The van der Waals surface area contributed by atoms with E-state index in [4.69, 9.17) is 4.74 Å². The summed E-state index contributed by atoms with van der Waals surface area (Å²) in [6.07, 6.45) is 8.07. The van der Waals surface area contributed by atoms with Gasteiger partial charge in [0, 0.05) is 19.4 Å². The Balaban J connectivity index is 0.00000141. The van der Waals surface area contributed by atoms with Gasteiger partial charge in [0.1, 0.15) is 17.4 Å². The van der Waals surface area contributed by atoms with Crippen LogP contribution in [-0.4, -0.2) is 47.1 Å². The number of esters is 1. The molecule has 1 amide bonds. The fraction of sp³-hybridized carbons (Fsp3) is 0.679. The van der Waals surface area contributed by atoms with E-state index < -0.39 is 5.60 Å². The number of ether oxygens (including phenoxy) is 1. The largest absolute Gasteiger partial charge is 0.508 e. The smallest absolute Gasteiger partial charge is 0.306 e. The van der Waals surface area contributed by atoms with Crippen molar-refractivity contribution < 1.29 is 19.4 Å². The summed E-state index contributed by atoms with van der Waals surface area (Å²) >= 11 is 0. The molecule has 0 spiro atoms. The van der Waals surface area contributed by atoms with Gasteiger partial charge in [0.05, 0.1) is 6.07 Å². The highest BCUT2D eigenvalue weighted by atomic mass is 16.6. The van der Waals surface area contributed by atoms with E-state index in [1.807, 2.05) is 12.1 Å². The fourth-order valence-electron chi connectivity index (χ4n) is 7.76. The van der Waals surface area contributed by atoms with Crippen LogP contribution in [-0.2, 0) is 20.7 Å². The number of nitriles is 1. The zero-order chi connectivity index (χ0) is 25.2. The maximum absolute atomic E-state index is 13.3. The van der Waals surface area contributed by atoms with E-state index in [-0.39, 0.29) is 29.1 Å². The minimum absolute atomic E-state index is 0.0930. The molecule has 5 aliphatic rings. The lowest BCUT2D eigenvalue weighted by atomic mass is 9.47. The number of aromatic hydroxyl groups is 1. The van der Waals surface area contributed by atoms with Crippen molar-refractivity contribution in [3.8, 4) is 11.8 Å². The molecule has 1 aromatic carbocycles. The Labute approximate surface area is 208 Å². The molecule has 0 radical (unpaired) electrons. The van der Waals surface area contributed by atoms with Crippen LogP contribution in [0.5, 0.6) is 5.75 Å². The van der Waals surface area contributed by atoms with E-state index in [1.54, 1.807) is 17.0 Å². The summed E-state index contributed by atoms with van der Waals surface area (Å²) in [5.41, 5.74) is 4.98. The van der Waals surface area contributed by atoms with Gasteiger partial charge in [0.2, 0.25) is 5.91 Å². The molecule has 5 fully saturated rings. The van der Waals surface area contributed by atoms with Crippen LogP contribution in [0.15, 0.2) is 24.3 Å². The van der Waals surface area contributed by atoms with Crippen LogP contribution in [0.3, 0.4) is 0 Å². The number of benzene rings is 1. The zero-order valence-electron chi connectivity index (χ0n) is 21.0. The van der Waals surface area contributed by atoms with Crippen LogP contribution in [0.2, 0.25) is 0 Å². The highest BCUT2D eigenvalue weighted by molar-refractivity contribution is 5.78. The number of hydrogen-bond acceptors (Lipinski definition) is 6. The molecular weight excluding hydrogens is 442 g/mol. The molecule has 1 aliphatic heterocycles. The van der Waals surface area contributed by atoms with Gasteiger partial charge >= 0.3 is 5.97 Å². The number of phenolic OH excluding ortho intramolecular Hbond substituents is 1. The second-order valence-corrected chi connectivity index (χ2v) is 11.5. The molecule has 4 saturated carbocycles. The van der Waals surface area contributed by atoms with E-state index >= 15 is 0 Å². The molecule has 1 saturated heterocycles. The molecule has 6 rings (SSSR count). The third kappa shape index (κ3) is 5.48. The van der Waals surface area contributed by atoms with Crippen LogP contribution >= 0.6 is 0 Å². The molecule has 0 aromatic heterocycles. The number of carbonyl (C=O) groups excluding carboxylic acids is 2. The molecule has 4 atom stereocenters. The number of carbonyl (C=O) groups is 2. The third-order valence-electron chi connectivity index (χ3n) is 8.52. The van der Waals surface area contributed by atoms with Crippen molar-refractivity contribution in [3.05, 3.63) is 29.8 Å². The quantitative estimate of drug-likeness (QED) is 0.595. The number of aryl methyl sites for hydroxylation is 1. The molecule has 1 aromatic rings. The van der Waals surface area contributed by atoms with Gasteiger partial charge in [-0.1, -0.05) is 19.1 Å². The predicted octanol–water partition coefficient (Wildman–Crippen LogP) is 3.93. The van der Waals surface area contributed by atoms with Crippen LogP contribution in [0.4, 0.5) is 0 Å². The Hall–Kier alpha value is -2.59. The van der Waals surface area contributed by atoms with Crippen molar-refractivity contribution in [2.24, 2.45) is 28.9 Å². The maximum atomic E-state index is 13.3. The molecule has 4 unspecified atom stereocenters. The number of likely N-dealkylation sites (tertiary alicyclic amines) is 1. The summed E-state index contributed by atoms with van der Waals surface area (Å²) in [5, 5.41) is 18.9. The van der Waals surface area contributed by atoms with Crippen molar-refractivity contribution >= 4 is 11.9 Å². The molecule has 7 nitrogen and oxygen atoms in total. The highest BCUT2D eigenvalue weighted by Gasteiger charge is 2.60. The Morgan fingerprint density at radius 1 is 1.14 bits per heavy atom. The van der Waals surface area contributed by atoms with Crippen LogP contribution in [0, 0.1) is 34.5 Å². The van der Waals surface area contributed by atoms with Gasteiger partial charge in [-0.3, -0.25) is 9.59 Å². The van der Waals surface area contributed by atoms with Crippen molar-refractivity contribution in [3.63, 3.8) is 0 Å². The molecular formula is C28H39N3O4. The van der Waals surface area contributed by atoms with Crippen molar-refractivity contribution in [1.29, 1.82) is 5.26 Å². The third-order valence-corrected chi connectivity index (χ3v) is 8.52. The molecule has 35 heavy (non-hydrogen) atoms. The lowest BCUT2D eigenvalue weighted by molar-refractivity contribution is -0.203. The molecule has 1 heterocycles. The van der Waals surface area contributed by atoms with E-state index in [0.29, 0.717) is 43.6 Å². The van der Waals surface area contributed by atoms with Gasteiger partial charge in [-0.2, -0.15) is 5.26 Å². The summed E-state index contributed by atoms with van der Waals surface area (Å²) in [5.74, 6) is 1.59. The van der Waals surface area contributed by atoms with E-state index in [0.717, 1.165) is 44.1 Å². The maximum Gasteiger partial charge on any atom is 0.306 e. The number of amides is 1. The van der Waals surface area contributed by atoms with Crippen molar-refractivity contribution in [2.75, 3.05) is 13.6 Å². The van der Waals surface area contributed by atoms with E-state index in [2.05, 4.69) is 18.7 Å². The van der Waals surface area contributed by atoms with Gasteiger partial charge in [-0.25, -0.2) is 0 Å². The number of rotatable bonds is 6. The van der Waals surface area contributed by atoms with Crippen LogP contribution in [0.25, 0.3) is 0 Å². The normalized spacial score (nSPS) is 34.6. The van der Waals surface area contributed by atoms with Gasteiger partial charge in [-0.15, -0.1) is 0 Å². The second kappa shape index (κ2) is 10.2. The molecule has 190 valence electrons.